The van der Waals surface area contributed by atoms with Gasteiger partial charge in [-0.2, -0.15) is 0 Å². The third kappa shape index (κ3) is 5.99. The third-order valence-corrected chi connectivity index (χ3v) is 4.73. The number of nitrogens with zero attached hydrogens (tertiary/aromatic N) is 1. The van der Waals surface area contributed by atoms with Gasteiger partial charge in [0.2, 0.25) is 10.0 Å². The number of nitro groups is 1. The van der Waals surface area contributed by atoms with Gasteiger partial charge in [-0.1, -0.05) is 12.1 Å². The molecule has 0 radical (unpaired) electrons. The first-order chi connectivity index (χ1) is 13.6. The van der Waals surface area contributed by atoms with Gasteiger partial charge in [-0.3, -0.25) is 19.7 Å². The van der Waals surface area contributed by atoms with Crippen molar-refractivity contribution in [2.75, 3.05) is 19.0 Å². The Hall–Kier alpha value is -3.51. The summed E-state index contributed by atoms with van der Waals surface area (Å²) in [6.07, 6.45) is 0.352. The van der Waals surface area contributed by atoms with Crippen LogP contribution in [0.25, 0.3) is 0 Å². The molecule has 0 aromatic heterocycles. The molecule has 2 rings (SSSR count). The molecule has 0 saturated carbocycles. The van der Waals surface area contributed by atoms with Crippen molar-refractivity contribution in [2.24, 2.45) is 5.14 Å². The topological polar surface area (TPSA) is 171 Å². The summed E-state index contributed by atoms with van der Waals surface area (Å²) in [6.45, 7) is 0.123. The summed E-state index contributed by atoms with van der Waals surface area (Å²) in [5.74, 6) is -1.84. The fourth-order valence-electron chi connectivity index (χ4n) is 2.32. The van der Waals surface area contributed by atoms with Gasteiger partial charge in [-0.15, -0.1) is 0 Å². The number of non-ortho nitro benzene ring substituents is 1. The highest BCUT2D eigenvalue weighted by Gasteiger charge is 2.17. The summed E-state index contributed by atoms with van der Waals surface area (Å²) in [4.78, 5) is 34.1. The zero-order chi connectivity index (χ0) is 21.6. The number of sulfonamides is 1. The van der Waals surface area contributed by atoms with E-state index in [0.717, 1.165) is 11.6 Å². The lowest BCUT2D eigenvalue weighted by Gasteiger charge is -2.10. The minimum Gasteiger partial charge on any atom is -0.494 e. The zero-order valence-corrected chi connectivity index (χ0v) is 16.1. The Bertz CT molecular complexity index is 1040. The van der Waals surface area contributed by atoms with Gasteiger partial charge in [0.15, 0.2) is 0 Å². The number of carbonyl (C=O) groups excluding carboxylic acids is 2. The van der Waals surface area contributed by atoms with Crippen molar-refractivity contribution in [2.45, 2.75) is 11.3 Å². The summed E-state index contributed by atoms with van der Waals surface area (Å²) in [5, 5.41) is 20.5. The Morgan fingerprint density at radius 3 is 2.34 bits per heavy atom. The summed E-state index contributed by atoms with van der Waals surface area (Å²) < 4.78 is 27.4. The molecule has 0 atom stereocenters. The van der Waals surface area contributed by atoms with Crippen LogP contribution in [0.1, 0.15) is 5.56 Å². The number of benzene rings is 2. The number of nitro benzene ring substituents is 1. The van der Waals surface area contributed by atoms with E-state index >= 15 is 0 Å². The van der Waals surface area contributed by atoms with Crippen LogP contribution in [0.15, 0.2) is 47.4 Å². The molecule has 0 heterocycles. The Kier molecular flexibility index (Phi) is 6.85. The number of nitrogens with one attached hydrogen (secondary N) is 2. The predicted molar refractivity (Wildman–Crippen MR) is 103 cm³/mol. The van der Waals surface area contributed by atoms with Gasteiger partial charge in [0, 0.05) is 12.6 Å². The smallest absolute Gasteiger partial charge is 0.313 e. The van der Waals surface area contributed by atoms with Crippen LogP contribution < -0.4 is 20.5 Å². The number of primary sulfonamides is 1. The van der Waals surface area contributed by atoms with Crippen LogP contribution in [0.4, 0.5) is 11.4 Å². The van der Waals surface area contributed by atoms with E-state index in [2.05, 4.69) is 10.6 Å². The summed E-state index contributed by atoms with van der Waals surface area (Å²) >= 11 is 0. The summed E-state index contributed by atoms with van der Waals surface area (Å²) in [5.41, 5.74) is 0.615. The third-order valence-electron chi connectivity index (χ3n) is 3.80. The molecule has 29 heavy (non-hydrogen) atoms. The van der Waals surface area contributed by atoms with Crippen LogP contribution >= 0.6 is 0 Å². The molecule has 2 amide bonds. The molecule has 154 valence electrons. The first-order valence-corrected chi connectivity index (χ1v) is 9.70. The Morgan fingerprint density at radius 1 is 1.14 bits per heavy atom. The molecular formula is C17H18N4O7S. The highest BCUT2D eigenvalue weighted by Crippen LogP contribution is 2.28. The van der Waals surface area contributed by atoms with Crippen molar-refractivity contribution in [1.82, 2.24) is 5.32 Å². The van der Waals surface area contributed by atoms with E-state index in [4.69, 9.17) is 9.88 Å². The molecule has 2 aromatic rings. The quantitative estimate of drug-likeness (QED) is 0.332. The average molecular weight is 422 g/mol. The van der Waals surface area contributed by atoms with Crippen LogP contribution in [-0.2, 0) is 26.0 Å². The molecule has 0 aliphatic heterocycles. The highest BCUT2D eigenvalue weighted by molar-refractivity contribution is 7.89. The second-order valence-corrected chi connectivity index (χ2v) is 7.35. The number of hydrogen-bond acceptors (Lipinski definition) is 7. The molecule has 0 bridgehead atoms. The Balaban J connectivity index is 1.91. The van der Waals surface area contributed by atoms with Crippen LogP contribution in [0.3, 0.4) is 0 Å². The Labute approximate surface area is 166 Å². The van der Waals surface area contributed by atoms with Crippen molar-refractivity contribution in [1.29, 1.82) is 0 Å². The number of anilines is 1. The van der Waals surface area contributed by atoms with Crippen molar-refractivity contribution in [3.8, 4) is 5.75 Å². The van der Waals surface area contributed by atoms with Crippen molar-refractivity contribution in [3.63, 3.8) is 0 Å². The van der Waals surface area contributed by atoms with Gasteiger partial charge in [0.25, 0.3) is 5.69 Å². The predicted octanol–water partition coefficient (Wildman–Crippen LogP) is 0.548. The van der Waals surface area contributed by atoms with Gasteiger partial charge in [-0.05, 0) is 30.2 Å². The maximum atomic E-state index is 12.0. The van der Waals surface area contributed by atoms with E-state index in [9.17, 15) is 28.1 Å². The molecule has 0 saturated heterocycles. The first kappa shape index (κ1) is 21.8. The molecule has 11 nitrogen and oxygen atoms in total. The molecule has 0 unspecified atom stereocenters. The number of rotatable bonds is 7. The normalized spacial score (nSPS) is 10.8. The minimum atomic E-state index is -3.78. The van der Waals surface area contributed by atoms with Crippen LogP contribution in [0.5, 0.6) is 5.75 Å². The standard InChI is InChI=1S/C17H18N4O7S/c1-28-15-10-12(21(24)25)4-7-14(15)20-17(23)16(22)19-9-8-11-2-5-13(6-3-11)29(18,26)27/h2-7,10H,8-9H2,1H3,(H,19,22)(H,20,23)(H2,18,26,27). The van der Waals surface area contributed by atoms with Gasteiger partial charge in [-0.25, -0.2) is 13.6 Å². The molecule has 0 aliphatic rings. The second kappa shape index (κ2) is 9.12. The largest absolute Gasteiger partial charge is 0.494 e. The number of hydrogen-bond donors (Lipinski definition) is 3. The van der Waals surface area contributed by atoms with Gasteiger partial charge < -0.3 is 15.4 Å². The molecular weight excluding hydrogens is 404 g/mol. The lowest BCUT2D eigenvalue weighted by atomic mass is 10.1. The molecule has 4 N–H and O–H groups in total. The number of nitrogens with two attached hydrogens (primary N) is 1. The first-order valence-electron chi connectivity index (χ1n) is 8.15. The van der Waals surface area contributed by atoms with E-state index in [1.54, 1.807) is 12.1 Å². The number of amides is 2. The molecule has 0 aliphatic carbocycles. The van der Waals surface area contributed by atoms with Crippen LogP contribution in [0.2, 0.25) is 0 Å². The minimum absolute atomic E-state index is 0.0262. The molecule has 0 spiro atoms. The van der Waals surface area contributed by atoms with E-state index in [-0.39, 0.29) is 28.6 Å². The fraction of sp³-hybridized carbons (Fsp3) is 0.176. The second-order valence-electron chi connectivity index (χ2n) is 5.79. The lowest BCUT2D eigenvalue weighted by molar-refractivity contribution is -0.384. The Morgan fingerprint density at radius 2 is 1.79 bits per heavy atom. The van der Waals surface area contributed by atoms with E-state index < -0.39 is 26.8 Å². The number of ether oxygens (including phenoxy) is 1. The average Bonchev–Trinajstić information content (AvgIpc) is 2.67. The monoisotopic (exact) mass is 422 g/mol. The van der Waals surface area contributed by atoms with Gasteiger partial charge >= 0.3 is 11.8 Å². The fourth-order valence-corrected chi connectivity index (χ4v) is 2.84. The molecule has 2 aromatic carbocycles. The molecule has 12 heteroatoms. The van der Waals surface area contributed by atoms with E-state index in [1.165, 1.54) is 31.4 Å². The van der Waals surface area contributed by atoms with Crippen LogP contribution in [-0.4, -0.2) is 38.8 Å². The summed E-state index contributed by atoms with van der Waals surface area (Å²) in [6, 6.07) is 9.34. The van der Waals surface area contributed by atoms with E-state index in [0.29, 0.717) is 6.42 Å². The van der Waals surface area contributed by atoms with Gasteiger partial charge in [0.05, 0.1) is 28.7 Å². The SMILES string of the molecule is COc1cc([N+](=O)[O-])ccc1NC(=O)C(=O)NCCc1ccc(S(N)(=O)=O)cc1. The maximum absolute atomic E-state index is 12.0. The van der Waals surface area contributed by atoms with E-state index in [1.807, 2.05) is 0 Å². The number of carbonyl (C=O) groups is 2. The summed E-state index contributed by atoms with van der Waals surface area (Å²) in [7, 11) is -2.50. The van der Waals surface area contributed by atoms with Crippen molar-refractivity contribution in [3.05, 3.63) is 58.1 Å². The van der Waals surface area contributed by atoms with Crippen LogP contribution in [0, 0.1) is 10.1 Å². The maximum Gasteiger partial charge on any atom is 0.313 e. The van der Waals surface area contributed by atoms with Crippen molar-refractivity contribution < 1.29 is 27.7 Å². The zero-order valence-electron chi connectivity index (χ0n) is 15.2. The number of methoxy groups -OCH3 is 1. The highest BCUT2D eigenvalue weighted by atomic mass is 32.2. The lowest BCUT2D eigenvalue weighted by Crippen LogP contribution is -2.36. The van der Waals surface area contributed by atoms with Crippen molar-refractivity contribution >= 4 is 33.2 Å². The molecule has 0 fully saturated rings. The van der Waals surface area contributed by atoms with Gasteiger partial charge in [0.1, 0.15) is 5.75 Å².